The molecule has 2 aliphatic rings. The minimum atomic E-state index is 0.0141. The first-order valence-electron chi connectivity index (χ1n) is 11.4. The first-order chi connectivity index (χ1) is 15.1. The third kappa shape index (κ3) is 2.23. The lowest BCUT2D eigenvalue weighted by atomic mass is 9.79. The summed E-state index contributed by atoms with van der Waals surface area (Å²) >= 11 is 3.82. The van der Waals surface area contributed by atoms with Crippen LogP contribution in [-0.2, 0) is 10.8 Å². The van der Waals surface area contributed by atoms with Gasteiger partial charge in [0.15, 0.2) is 0 Å². The molecule has 3 aromatic carbocycles. The standard InChI is InChI=1S/C30H26S2/c1-15-7-17-9-23-21(13-27(17)31-15)19-11-26-20(12-25(19)29(23,3)4)22-14-28-18(8-16(2)32-28)10-24(22)30(26,5)6/h7-14H,1-6H3. The summed E-state index contributed by atoms with van der Waals surface area (Å²) in [4.78, 5) is 2.78. The number of rotatable bonds is 0. The molecule has 0 radical (unpaired) electrons. The number of hydrogen-bond acceptors (Lipinski definition) is 2. The molecule has 158 valence electrons. The van der Waals surface area contributed by atoms with E-state index >= 15 is 0 Å². The highest BCUT2D eigenvalue weighted by atomic mass is 32.1. The van der Waals surface area contributed by atoms with E-state index in [-0.39, 0.29) is 10.8 Å². The van der Waals surface area contributed by atoms with Crippen molar-refractivity contribution in [3.63, 3.8) is 0 Å². The van der Waals surface area contributed by atoms with E-state index in [1.165, 1.54) is 74.4 Å². The summed E-state index contributed by atoms with van der Waals surface area (Å²) in [7, 11) is 0. The summed E-state index contributed by atoms with van der Waals surface area (Å²) in [6, 6.07) is 19.6. The Bertz CT molecular complexity index is 1510. The molecule has 0 amide bonds. The molecular weight excluding hydrogens is 424 g/mol. The third-order valence-corrected chi connectivity index (χ3v) is 10.0. The summed E-state index contributed by atoms with van der Waals surface area (Å²) in [6.45, 7) is 14.1. The van der Waals surface area contributed by atoms with Crippen LogP contribution in [0.1, 0.15) is 59.7 Å². The molecule has 2 heteroatoms. The van der Waals surface area contributed by atoms with Gasteiger partial charge in [-0.05, 0) is 118 Å². The fourth-order valence-electron chi connectivity index (χ4n) is 6.29. The quantitative estimate of drug-likeness (QED) is 0.220. The summed E-state index contributed by atoms with van der Waals surface area (Å²) in [5.74, 6) is 0. The van der Waals surface area contributed by atoms with E-state index < -0.39 is 0 Å². The van der Waals surface area contributed by atoms with E-state index in [9.17, 15) is 0 Å². The second kappa shape index (κ2) is 5.73. The Kier molecular flexibility index (Phi) is 3.42. The Balaban J connectivity index is 1.53. The fourth-order valence-corrected chi connectivity index (χ4v) is 8.18. The summed E-state index contributed by atoms with van der Waals surface area (Å²) in [5.41, 5.74) is 11.7. The van der Waals surface area contributed by atoms with Crippen molar-refractivity contribution in [2.24, 2.45) is 0 Å². The smallest absolute Gasteiger partial charge is 0.0351 e. The van der Waals surface area contributed by atoms with Crippen LogP contribution in [0.15, 0.2) is 48.5 Å². The van der Waals surface area contributed by atoms with Crippen molar-refractivity contribution in [2.45, 2.75) is 52.4 Å². The molecular formula is C30H26S2. The lowest BCUT2D eigenvalue weighted by Crippen LogP contribution is -2.17. The number of hydrogen-bond donors (Lipinski definition) is 0. The van der Waals surface area contributed by atoms with Gasteiger partial charge in [0.25, 0.3) is 0 Å². The third-order valence-electron chi connectivity index (χ3n) is 7.99. The molecule has 2 aromatic heterocycles. The SMILES string of the molecule is Cc1cc2cc3c(cc2s1)-c1cc2c(cc1C3(C)C)-c1cc3sc(C)cc3cc1C2(C)C. The van der Waals surface area contributed by atoms with E-state index in [0.717, 1.165) is 0 Å². The Morgan fingerprint density at radius 2 is 0.812 bits per heavy atom. The van der Waals surface area contributed by atoms with Crippen LogP contribution in [0.2, 0.25) is 0 Å². The lowest BCUT2D eigenvalue weighted by Gasteiger charge is -2.24. The van der Waals surface area contributed by atoms with Gasteiger partial charge in [0.2, 0.25) is 0 Å². The summed E-state index contributed by atoms with van der Waals surface area (Å²) in [5, 5.41) is 2.78. The number of thiophene rings is 2. The first-order valence-corrected chi connectivity index (χ1v) is 13.1. The van der Waals surface area contributed by atoms with Crippen LogP contribution < -0.4 is 0 Å². The molecule has 5 aromatic rings. The number of aryl methyl sites for hydroxylation is 2. The first kappa shape index (κ1) is 19.1. The Morgan fingerprint density at radius 1 is 0.469 bits per heavy atom. The average molecular weight is 451 g/mol. The van der Waals surface area contributed by atoms with E-state index in [1.54, 1.807) is 0 Å². The van der Waals surface area contributed by atoms with Crippen LogP contribution in [-0.4, -0.2) is 0 Å². The largest absolute Gasteiger partial charge is 0.141 e. The molecule has 32 heavy (non-hydrogen) atoms. The molecule has 0 bridgehead atoms. The molecule has 7 rings (SSSR count). The Hall–Kier alpha value is -2.42. The predicted molar refractivity (Wildman–Crippen MR) is 142 cm³/mol. The zero-order valence-corrected chi connectivity index (χ0v) is 21.1. The van der Waals surface area contributed by atoms with Gasteiger partial charge in [-0.3, -0.25) is 0 Å². The van der Waals surface area contributed by atoms with Crippen LogP contribution in [0, 0.1) is 13.8 Å². The van der Waals surface area contributed by atoms with Gasteiger partial charge in [-0.15, -0.1) is 22.7 Å². The molecule has 2 heterocycles. The molecule has 0 saturated heterocycles. The molecule has 0 N–H and O–H groups in total. The molecule has 0 unspecified atom stereocenters. The van der Waals surface area contributed by atoms with Crippen molar-refractivity contribution < 1.29 is 0 Å². The molecule has 0 aliphatic heterocycles. The van der Waals surface area contributed by atoms with Crippen molar-refractivity contribution >= 4 is 42.8 Å². The minimum Gasteiger partial charge on any atom is -0.141 e. The maximum atomic E-state index is 2.53. The van der Waals surface area contributed by atoms with Crippen molar-refractivity contribution in [2.75, 3.05) is 0 Å². The van der Waals surface area contributed by atoms with E-state index in [4.69, 9.17) is 0 Å². The predicted octanol–water partition coefficient (Wildman–Crippen LogP) is 9.35. The molecule has 0 spiro atoms. The monoisotopic (exact) mass is 450 g/mol. The second-order valence-electron chi connectivity index (χ2n) is 10.8. The minimum absolute atomic E-state index is 0.0141. The van der Waals surface area contributed by atoms with Gasteiger partial charge in [0.1, 0.15) is 0 Å². The van der Waals surface area contributed by atoms with Crippen LogP contribution in [0.5, 0.6) is 0 Å². The van der Waals surface area contributed by atoms with Crippen LogP contribution >= 0.6 is 22.7 Å². The maximum absolute atomic E-state index is 2.53. The molecule has 0 saturated carbocycles. The maximum Gasteiger partial charge on any atom is 0.0351 e. The number of benzene rings is 3. The van der Waals surface area contributed by atoms with Gasteiger partial charge in [-0.25, -0.2) is 0 Å². The molecule has 0 atom stereocenters. The normalized spacial score (nSPS) is 16.9. The van der Waals surface area contributed by atoms with Crippen LogP contribution in [0.4, 0.5) is 0 Å². The van der Waals surface area contributed by atoms with Crippen LogP contribution in [0.25, 0.3) is 42.4 Å². The Labute approximate surface area is 197 Å². The summed E-state index contributed by atoms with van der Waals surface area (Å²) in [6.07, 6.45) is 0. The van der Waals surface area contributed by atoms with Crippen LogP contribution in [0.3, 0.4) is 0 Å². The lowest BCUT2D eigenvalue weighted by molar-refractivity contribution is 0.653. The number of fused-ring (bicyclic) bond motifs is 8. The van der Waals surface area contributed by atoms with Gasteiger partial charge >= 0.3 is 0 Å². The van der Waals surface area contributed by atoms with Gasteiger partial charge in [0.05, 0.1) is 0 Å². The topological polar surface area (TPSA) is 0 Å². The highest BCUT2D eigenvalue weighted by molar-refractivity contribution is 7.19. The fraction of sp³-hybridized carbons (Fsp3) is 0.267. The van der Waals surface area contributed by atoms with E-state index in [1.807, 2.05) is 22.7 Å². The highest BCUT2D eigenvalue weighted by Gasteiger charge is 2.42. The van der Waals surface area contributed by atoms with E-state index in [0.29, 0.717) is 0 Å². The van der Waals surface area contributed by atoms with Crippen molar-refractivity contribution in [3.8, 4) is 22.3 Å². The zero-order valence-electron chi connectivity index (χ0n) is 19.4. The van der Waals surface area contributed by atoms with Crippen molar-refractivity contribution in [3.05, 3.63) is 80.5 Å². The molecule has 2 aliphatic carbocycles. The van der Waals surface area contributed by atoms with Crippen molar-refractivity contribution in [1.29, 1.82) is 0 Å². The molecule has 0 fully saturated rings. The Morgan fingerprint density at radius 3 is 1.22 bits per heavy atom. The van der Waals surface area contributed by atoms with Gasteiger partial charge in [-0.2, -0.15) is 0 Å². The second-order valence-corrected chi connectivity index (χ2v) is 13.4. The van der Waals surface area contributed by atoms with Gasteiger partial charge in [0, 0.05) is 30.0 Å². The van der Waals surface area contributed by atoms with Crippen molar-refractivity contribution in [1.82, 2.24) is 0 Å². The molecule has 0 nitrogen and oxygen atoms in total. The van der Waals surface area contributed by atoms with Gasteiger partial charge in [-0.1, -0.05) is 27.7 Å². The highest BCUT2D eigenvalue weighted by Crippen LogP contribution is 2.57. The van der Waals surface area contributed by atoms with Gasteiger partial charge < -0.3 is 0 Å². The zero-order chi connectivity index (χ0) is 22.2. The summed E-state index contributed by atoms with van der Waals surface area (Å²) < 4.78 is 2.81. The van der Waals surface area contributed by atoms with E-state index in [2.05, 4.69) is 90.1 Å². The average Bonchev–Trinajstić information content (AvgIpc) is 3.39.